The Balaban J connectivity index is 2.25. The molecule has 0 unspecified atom stereocenters. The van der Waals surface area contributed by atoms with E-state index in [0.717, 1.165) is 10.4 Å². The molecular weight excluding hydrogens is 274 g/mol. The molecule has 2 rings (SSSR count). The Hall–Kier alpha value is -2.01. The number of amides is 1. The number of hydrogen-bond acceptors (Lipinski definition) is 4. The zero-order valence-corrected chi connectivity index (χ0v) is 12.8. The van der Waals surface area contributed by atoms with Crippen LogP contribution in [0, 0.1) is 13.8 Å². The van der Waals surface area contributed by atoms with Crippen molar-refractivity contribution in [3.05, 3.63) is 39.6 Å². The number of ether oxygens (including phenoxy) is 2. The van der Waals surface area contributed by atoms with E-state index < -0.39 is 0 Å². The third-order valence-corrected chi connectivity index (χ3v) is 4.15. The molecule has 0 radical (unpaired) electrons. The normalized spacial score (nSPS) is 10.2. The molecule has 1 N–H and O–H groups in total. The number of nitrogens with one attached hydrogen (secondary N) is 1. The zero-order valence-electron chi connectivity index (χ0n) is 11.9. The van der Waals surface area contributed by atoms with Crippen LogP contribution in [0.3, 0.4) is 0 Å². The van der Waals surface area contributed by atoms with Crippen LogP contribution < -0.4 is 14.8 Å². The summed E-state index contributed by atoms with van der Waals surface area (Å²) in [6, 6.07) is 5.28. The van der Waals surface area contributed by atoms with Gasteiger partial charge in [0.2, 0.25) is 0 Å². The van der Waals surface area contributed by atoms with Crippen molar-refractivity contribution in [2.75, 3.05) is 19.5 Å². The predicted molar refractivity (Wildman–Crippen MR) is 81.3 cm³/mol. The van der Waals surface area contributed by atoms with Gasteiger partial charge >= 0.3 is 0 Å². The lowest BCUT2D eigenvalue weighted by atomic mass is 10.1. The molecule has 0 spiro atoms. The lowest BCUT2D eigenvalue weighted by molar-refractivity contribution is 0.102. The molecule has 0 fully saturated rings. The first-order chi connectivity index (χ1) is 9.55. The molecule has 1 heterocycles. The second kappa shape index (κ2) is 5.96. The van der Waals surface area contributed by atoms with Crippen molar-refractivity contribution < 1.29 is 14.3 Å². The number of benzene rings is 1. The molecule has 1 aromatic carbocycles. The highest BCUT2D eigenvalue weighted by Crippen LogP contribution is 2.27. The lowest BCUT2D eigenvalue weighted by Crippen LogP contribution is -2.12. The summed E-state index contributed by atoms with van der Waals surface area (Å²) in [7, 11) is 3.15. The standard InChI is InChI=1S/C15H17NO3S/c1-9-10(2)20-8-14(9)15(17)16-11-5-12(18-3)7-13(6-11)19-4/h5-8H,1-4H3,(H,16,17). The van der Waals surface area contributed by atoms with Crippen molar-refractivity contribution in [2.45, 2.75) is 13.8 Å². The Kier molecular flexibility index (Phi) is 4.29. The van der Waals surface area contributed by atoms with Crippen molar-refractivity contribution in [3.63, 3.8) is 0 Å². The minimum absolute atomic E-state index is 0.123. The topological polar surface area (TPSA) is 47.6 Å². The zero-order chi connectivity index (χ0) is 14.7. The maximum absolute atomic E-state index is 12.3. The lowest BCUT2D eigenvalue weighted by Gasteiger charge is -2.10. The summed E-state index contributed by atoms with van der Waals surface area (Å²) in [6.07, 6.45) is 0. The Morgan fingerprint density at radius 2 is 1.70 bits per heavy atom. The molecular formula is C15H17NO3S. The maximum Gasteiger partial charge on any atom is 0.256 e. The van der Waals surface area contributed by atoms with Gasteiger partial charge in [-0.15, -0.1) is 11.3 Å². The largest absolute Gasteiger partial charge is 0.497 e. The Morgan fingerprint density at radius 3 is 2.15 bits per heavy atom. The molecule has 106 valence electrons. The summed E-state index contributed by atoms with van der Waals surface area (Å²) in [5, 5.41) is 4.74. The van der Waals surface area contributed by atoms with Crippen molar-refractivity contribution in [2.24, 2.45) is 0 Å². The number of carbonyl (C=O) groups is 1. The molecule has 0 bridgehead atoms. The van der Waals surface area contributed by atoms with Crippen LogP contribution >= 0.6 is 11.3 Å². The van der Waals surface area contributed by atoms with E-state index in [0.29, 0.717) is 22.7 Å². The van der Waals surface area contributed by atoms with Crippen LogP contribution in [-0.4, -0.2) is 20.1 Å². The van der Waals surface area contributed by atoms with Crippen LogP contribution in [0.1, 0.15) is 20.8 Å². The van der Waals surface area contributed by atoms with Gasteiger partial charge < -0.3 is 14.8 Å². The van der Waals surface area contributed by atoms with Crippen LogP contribution in [0.15, 0.2) is 23.6 Å². The van der Waals surface area contributed by atoms with Gasteiger partial charge in [0.15, 0.2) is 0 Å². The number of methoxy groups -OCH3 is 2. The number of carbonyl (C=O) groups excluding carboxylic acids is 1. The third-order valence-electron chi connectivity index (χ3n) is 3.14. The Labute approximate surface area is 122 Å². The van der Waals surface area contributed by atoms with Crippen molar-refractivity contribution in [1.82, 2.24) is 0 Å². The van der Waals surface area contributed by atoms with Gasteiger partial charge in [-0.2, -0.15) is 0 Å². The summed E-state index contributed by atoms with van der Waals surface area (Å²) in [4.78, 5) is 13.4. The fourth-order valence-corrected chi connectivity index (χ4v) is 2.68. The van der Waals surface area contributed by atoms with E-state index in [2.05, 4.69) is 5.32 Å². The average Bonchev–Trinajstić information content (AvgIpc) is 2.78. The molecule has 1 aromatic heterocycles. The van der Waals surface area contributed by atoms with Gasteiger partial charge in [0.25, 0.3) is 5.91 Å². The van der Waals surface area contributed by atoms with E-state index in [1.807, 2.05) is 19.2 Å². The Bertz CT molecular complexity index is 612. The molecule has 0 atom stereocenters. The number of hydrogen-bond donors (Lipinski definition) is 1. The van der Waals surface area contributed by atoms with Gasteiger partial charge in [-0.3, -0.25) is 4.79 Å². The van der Waals surface area contributed by atoms with Gasteiger partial charge in [0, 0.05) is 34.1 Å². The number of aryl methyl sites for hydroxylation is 1. The van der Waals surface area contributed by atoms with Crippen molar-refractivity contribution in [1.29, 1.82) is 0 Å². The average molecular weight is 291 g/mol. The summed E-state index contributed by atoms with van der Waals surface area (Å²) >= 11 is 1.58. The highest BCUT2D eigenvalue weighted by Gasteiger charge is 2.13. The first-order valence-electron chi connectivity index (χ1n) is 6.14. The van der Waals surface area contributed by atoms with Gasteiger partial charge in [-0.25, -0.2) is 0 Å². The number of rotatable bonds is 4. The molecule has 0 aliphatic heterocycles. The van der Waals surface area contributed by atoms with Crippen LogP contribution in [0.5, 0.6) is 11.5 Å². The minimum Gasteiger partial charge on any atom is -0.497 e. The molecule has 20 heavy (non-hydrogen) atoms. The molecule has 5 heteroatoms. The van der Waals surface area contributed by atoms with Crippen molar-refractivity contribution in [3.8, 4) is 11.5 Å². The van der Waals surface area contributed by atoms with E-state index in [4.69, 9.17) is 9.47 Å². The van der Waals surface area contributed by atoms with Crippen LogP contribution in [0.25, 0.3) is 0 Å². The second-order valence-electron chi connectivity index (χ2n) is 4.39. The van der Waals surface area contributed by atoms with Gasteiger partial charge in [0.05, 0.1) is 19.8 Å². The summed E-state index contributed by atoms with van der Waals surface area (Å²) in [5.41, 5.74) is 2.37. The minimum atomic E-state index is -0.123. The molecule has 1 amide bonds. The smallest absolute Gasteiger partial charge is 0.256 e. The molecule has 0 aliphatic carbocycles. The van der Waals surface area contributed by atoms with E-state index in [-0.39, 0.29) is 5.91 Å². The van der Waals surface area contributed by atoms with E-state index >= 15 is 0 Å². The van der Waals surface area contributed by atoms with Gasteiger partial charge in [0.1, 0.15) is 11.5 Å². The molecule has 0 aliphatic rings. The second-order valence-corrected chi connectivity index (χ2v) is 5.47. The number of thiophene rings is 1. The maximum atomic E-state index is 12.3. The monoisotopic (exact) mass is 291 g/mol. The highest BCUT2D eigenvalue weighted by molar-refractivity contribution is 7.10. The van der Waals surface area contributed by atoms with E-state index in [1.54, 1.807) is 43.8 Å². The summed E-state index contributed by atoms with van der Waals surface area (Å²) < 4.78 is 10.4. The first-order valence-corrected chi connectivity index (χ1v) is 7.02. The molecule has 0 saturated heterocycles. The van der Waals surface area contributed by atoms with E-state index in [1.165, 1.54) is 0 Å². The quantitative estimate of drug-likeness (QED) is 0.935. The summed E-state index contributed by atoms with van der Waals surface area (Å²) in [6.45, 7) is 3.96. The van der Waals surface area contributed by atoms with Crippen LogP contribution in [0.2, 0.25) is 0 Å². The first kappa shape index (κ1) is 14.4. The van der Waals surface area contributed by atoms with Gasteiger partial charge in [-0.05, 0) is 19.4 Å². The fourth-order valence-electron chi connectivity index (χ4n) is 1.82. The molecule has 0 saturated carbocycles. The summed E-state index contributed by atoms with van der Waals surface area (Å²) in [5.74, 6) is 1.15. The van der Waals surface area contributed by atoms with Crippen LogP contribution in [0.4, 0.5) is 5.69 Å². The van der Waals surface area contributed by atoms with Crippen LogP contribution in [-0.2, 0) is 0 Å². The Morgan fingerprint density at radius 1 is 1.10 bits per heavy atom. The van der Waals surface area contributed by atoms with Gasteiger partial charge in [-0.1, -0.05) is 0 Å². The van der Waals surface area contributed by atoms with E-state index in [9.17, 15) is 4.79 Å². The SMILES string of the molecule is COc1cc(NC(=O)c2csc(C)c2C)cc(OC)c1. The fraction of sp³-hybridized carbons (Fsp3) is 0.267. The highest BCUT2D eigenvalue weighted by atomic mass is 32.1. The number of anilines is 1. The third kappa shape index (κ3) is 2.93. The molecule has 2 aromatic rings. The van der Waals surface area contributed by atoms with Crippen molar-refractivity contribution >= 4 is 22.9 Å². The predicted octanol–water partition coefficient (Wildman–Crippen LogP) is 3.63. The molecule has 4 nitrogen and oxygen atoms in total.